The van der Waals surface area contributed by atoms with E-state index in [-0.39, 0.29) is 0 Å². The first kappa shape index (κ1) is 89.3. The first-order valence-electron chi connectivity index (χ1n) is 20.6. The highest BCUT2D eigenvalue weighted by molar-refractivity contribution is 8.82. The van der Waals surface area contributed by atoms with Crippen LogP contribution in [-0.4, -0.2) is 35.2 Å². The van der Waals surface area contributed by atoms with Gasteiger partial charge >= 0.3 is 0 Å². The lowest BCUT2D eigenvalue weighted by Gasteiger charge is -2.23. The fraction of sp³-hybridized carbons (Fsp3) is 0.423. The van der Waals surface area contributed by atoms with Gasteiger partial charge in [0, 0.05) is 494 Å². The zero-order chi connectivity index (χ0) is 61.8. The van der Waals surface area contributed by atoms with Crippen LogP contribution in [-0.2, 0) is 488 Å². The highest BCUT2D eigenvalue weighted by Gasteiger charge is 2.16. The molecule has 0 spiro atoms. The second-order valence-electron chi connectivity index (χ2n) is 12.1. The third-order valence-electron chi connectivity index (χ3n) is 7.50. The van der Waals surface area contributed by atoms with E-state index in [9.17, 15) is 0 Å². The van der Waals surface area contributed by atoms with Crippen LogP contribution in [0.4, 0.5) is 17.8 Å². The van der Waals surface area contributed by atoms with Crippen LogP contribution in [0.2, 0.25) is 0 Å². The molecule has 0 atom stereocenters. The standard InChI is InChI=1S/C26H34N6O2.S53/c1-18-9-10-20(15-23(18)34-3)17-28-25-30-24(27-16-19-11-13-22(33-2)14-12-19)31-26(32-25)29-21-7-5-4-6-8-21;1-3-5-7-9-11-13-15-17-19-21-23-25-27-29-31-33-35-37-39-41-43-45-47-49-51-53-52-50-48-46-44-42-40-38-36-34-32-30-28-26-24-22-20-18-16-14-12-10-8-6-4-2/h9-15,21H,4-8,16-17H2,1-3H3,(H3,27,28,29,30,31,32);. The van der Waals surface area contributed by atoms with Gasteiger partial charge < -0.3 is 25.4 Å². The van der Waals surface area contributed by atoms with Gasteiger partial charge in [0.05, 0.1) is 14.2 Å². The number of methoxy groups -OCH3 is 2. The predicted molar refractivity (Wildman–Crippen MR) is 526 cm³/mol. The number of rotatable bonds is 10. The van der Waals surface area contributed by atoms with Gasteiger partial charge in [-0.05, 0) is 54.7 Å². The van der Waals surface area contributed by atoms with E-state index in [1.54, 1.807) is 121 Å². The van der Waals surface area contributed by atoms with Crippen LogP contribution in [0.5, 0.6) is 11.5 Å². The summed E-state index contributed by atoms with van der Waals surface area (Å²) < 4.78 is 10.7. The van der Waals surface area contributed by atoms with Crippen LogP contribution in [0, 0.1) is 6.92 Å². The molecule has 0 saturated heterocycles. The van der Waals surface area contributed by atoms with E-state index < -0.39 is 0 Å². The molecule has 87 heavy (non-hydrogen) atoms. The number of aryl methyl sites for hydroxylation is 1. The second kappa shape index (κ2) is 69.8. The fourth-order valence-electron chi connectivity index (χ4n) is 4.66. The van der Waals surface area contributed by atoms with Crippen molar-refractivity contribution in [2.75, 3.05) is 30.2 Å². The number of nitrogens with one attached hydrogen (secondary N) is 3. The molecule has 3 aromatic rings. The van der Waals surface area contributed by atoms with Crippen molar-refractivity contribution in [3.63, 3.8) is 0 Å². The molecule has 1 aromatic heterocycles. The first-order valence-corrected chi connectivity index (χ1v) is 89.9. The molecule has 0 amide bonds. The number of ether oxygens (including phenoxy) is 2. The number of benzene rings is 2. The van der Waals surface area contributed by atoms with Crippen molar-refractivity contribution in [2.45, 2.75) is 58.2 Å². The maximum Gasteiger partial charge on any atom is 0.229 e. The third-order valence-corrected chi connectivity index (χ3v) is 119. The normalized spacial score (nSPS) is 10.1. The molecule has 0 bridgehead atoms. The minimum absolute atomic E-state index is 0.403. The van der Waals surface area contributed by atoms with Gasteiger partial charge in [0.2, 0.25) is 17.8 Å². The quantitative estimate of drug-likeness (QED) is 0.257. The zero-order valence-electron chi connectivity index (χ0n) is 41.9. The number of anilines is 3. The average Bonchev–Trinajstić information content (AvgIpc) is 3.67. The van der Waals surface area contributed by atoms with E-state index in [0.717, 1.165) is 41.0 Å². The highest BCUT2D eigenvalue weighted by Crippen LogP contribution is 2.23. The maximum atomic E-state index is 5.45. The summed E-state index contributed by atoms with van der Waals surface area (Å²) in [4.78, 5) is 13.9. The van der Waals surface area contributed by atoms with Crippen molar-refractivity contribution < 1.29 is 9.47 Å². The van der Waals surface area contributed by atoms with Crippen LogP contribution < -0.4 is 25.4 Å². The van der Waals surface area contributed by atoms with E-state index in [1.807, 2.05) is 366 Å². The van der Waals surface area contributed by atoms with Gasteiger partial charge in [-0.25, -0.2) is 0 Å². The Morgan fingerprint density at radius 1 is 0.356 bits per heavy atom. The summed E-state index contributed by atoms with van der Waals surface area (Å²) in [7, 11) is 94.6. The summed E-state index contributed by atoms with van der Waals surface area (Å²) in [6.45, 7) is 3.22. The van der Waals surface area contributed by atoms with Gasteiger partial charge in [-0.3, -0.25) is 0 Å². The summed E-state index contributed by atoms with van der Waals surface area (Å²) >= 11 is 9.63. The molecule has 3 N–H and O–H groups in total. The Hall–Kier alpha value is 8.11. The number of hydrogen-bond donors (Lipinski definition) is 3. The molecule has 1 saturated carbocycles. The molecule has 1 heterocycles. The molecule has 0 radical (unpaired) electrons. The SMILES string of the molecule is COc1ccc(CNc2nc(NCc3ccc(C)c(OC)c3)nc(NC3CCCCC3)n2)cc1.S=S=S=S=S=S=S=S=S=S=S=S=S=S=S=S=S=S=S=S=S=S=S=S=S=S=S=S=S=S=S=S=S=S=S=S=S=S=S=S=S=S=S=S=S=S=S=S=S=S=S=S=S. The summed E-state index contributed by atoms with van der Waals surface area (Å²) in [6, 6.07) is 14.5. The van der Waals surface area contributed by atoms with E-state index in [4.69, 9.17) is 31.8 Å². The van der Waals surface area contributed by atoms with E-state index in [0.29, 0.717) is 37.0 Å². The van der Waals surface area contributed by atoms with Gasteiger partial charge in [0.1, 0.15) is 11.5 Å². The van der Waals surface area contributed by atoms with Crippen LogP contribution in [0.25, 0.3) is 0 Å². The van der Waals surface area contributed by atoms with Gasteiger partial charge in [-0.1, -0.05) is 43.5 Å². The summed E-state index contributed by atoms with van der Waals surface area (Å²) in [5, 5.41) is 10.2. The molecule has 1 fully saturated rings. The molecule has 2 aromatic carbocycles. The Morgan fingerprint density at radius 3 is 0.920 bits per heavy atom. The lowest BCUT2D eigenvalue weighted by atomic mass is 9.96. The summed E-state index contributed by atoms with van der Waals surface area (Å²) in [5.74, 6) is 3.37. The average molecular weight is 2160 g/mol. The Kier molecular flexibility index (Phi) is 71.7. The third kappa shape index (κ3) is 56.3. The number of nitrogens with zero attached hydrogens (tertiary/aromatic N) is 3. The molecular weight excluding hydrogens is 2130 g/mol. The summed E-state index contributed by atoms with van der Waals surface area (Å²) in [6.07, 6.45) is 6.08. The Balaban J connectivity index is 0.000000496. The van der Waals surface area contributed by atoms with Gasteiger partial charge in [-0.15, -0.1) is 0 Å². The zero-order valence-corrected chi connectivity index (χ0v) is 85.1. The Morgan fingerprint density at radius 2 is 0.632 bits per heavy atom. The Labute approximate surface area is 660 Å². The molecule has 0 unspecified atom stereocenters. The van der Waals surface area contributed by atoms with Crippen LogP contribution in [0.3, 0.4) is 0 Å². The smallest absolute Gasteiger partial charge is 0.229 e. The number of hydrogen-bond acceptors (Lipinski definition) is 10. The van der Waals surface area contributed by atoms with Gasteiger partial charge in [0.25, 0.3) is 0 Å². The lowest BCUT2D eigenvalue weighted by molar-refractivity contribution is 0.411. The highest BCUT2D eigenvalue weighted by atomic mass is 33.5. The van der Waals surface area contributed by atoms with Crippen molar-refractivity contribution in [1.82, 2.24) is 15.0 Å². The molecule has 498 valence electrons. The largest absolute Gasteiger partial charge is 0.497 e. The topological polar surface area (TPSA) is 93.2 Å². The van der Waals surface area contributed by atoms with Crippen molar-refractivity contribution in [1.29, 1.82) is 0 Å². The van der Waals surface area contributed by atoms with E-state index in [2.05, 4.69) is 43.0 Å². The van der Waals surface area contributed by atoms with Gasteiger partial charge in [-0.2, -0.15) is 15.0 Å². The molecular formula is C26H34N6O2S53. The van der Waals surface area contributed by atoms with Crippen molar-refractivity contribution >= 4 is 493 Å². The van der Waals surface area contributed by atoms with Gasteiger partial charge in [0.15, 0.2) is 0 Å². The van der Waals surface area contributed by atoms with Crippen molar-refractivity contribution in [2.24, 2.45) is 0 Å². The molecule has 61 heteroatoms. The van der Waals surface area contributed by atoms with Crippen LogP contribution >= 0.6 is 0 Å². The first-order chi connectivity index (χ1) is 43.0. The monoisotopic (exact) mass is 2160 g/mol. The molecule has 1 aliphatic rings. The number of aromatic nitrogens is 3. The molecule has 4 rings (SSSR count). The molecule has 0 aliphatic heterocycles. The van der Waals surface area contributed by atoms with Crippen LogP contribution in [0.1, 0.15) is 48.8 Å². The maximum absolute atomic E-state index is 5.45. The van der Waals surface area contributed by atoms with Crippen molar-refractivity contribution in [3.05, 3.63) is 59.2 Å². The molecule has 1 aliphatic carbocycles. The van der Waals surface area contributed by atoms with Crippen molar-refractivity contribution in [3.8, 4) is 11.5 Å². The lowest BCUT2D eigenvalue weighted by Crippen LogP contribution is -2.24. The second-order valence-corrected chi connectivity index (χ2v) is 102. The Bertz CT molecular complexity index is 5140. The fourth-order valence-corrected chi connectivity index (χ4v) is 139. The summed E-state index contributed by atoms with van der Waals surface area (Å²) in [5.41, 5.74) is 3.32. The van der Waals surface area contributed by atoms with E-state index >= 15 is 0 Å². The van der Waals surface area contributed by atoms with E-state index in [1.165, 1.54) is 37.0 Å². The minimum Gasteiger partial charge on any atom is -0.497 e. The minimum atomic E-state index is 0.403. The predicted octanol–water partition coefficient (Wildman–Crippen LogP) is 5.04. The van der Waals surface area contributed by atoms with Crippen LogP contribution in [0.15, 0.2) is 42.5 Å². The molecule has 8 nitrogen and oxygen atoms in total.